The Kier molecular flexibility index (Phi) is 14.5. The Labute approximate surface area is 175 Å². The molecule has 0 aromatic carbocycles. The van der Waals surface area contributed by atoms with Gasteiger partial charge in [-0.25, -0.2) is 9.98 Å². The largest absolute Gasteiger partial charge is 0.357 e. The summed E-state index contributed by atoms with van der Waals surface area (Å²) in [5.41, 5.74) is 1.17. The second-order valence-electron chi connectivity index (χ2n) is 6.18. The van der Waals surface area contributed by atoms with Crippen LogP contribution in [0.2, 0.25) is 0 Å². The normalized spacial score (nSPS) is 11.7. The van der Waals surface area contributed by atoms with Crippen LogP contribution in [0.5, 0.6) is 0 Å². The molecule has 0 aliphatic carbocycles. The Bertz CT molecular complexity index is 472. The fourth-order valence-electron chi connectivity index (χ4n) is 2.36. The van der Waals surface area contributed by atoms with E-state index in [0.717, 1.165) is 43.6 Å². The highest BCUT2D eigenvalue weighted by Crippen LogP contribution is 2.18. The Hall–Kier alpha value is -0.410. The predicted octanol–water partition coefficient (Wildman–Crippen LogP) is 4.06. The lowest BCUT2D eigenvalue weighted by atomic mass is 10.2. The van der Waals surface area contributed by atoms with Crippen molar-refractivity contribution in [2.45, 2.75) is 59.9 Å². The van der Waals surface area contributed by atoms with Crippen molar-refractivity contribution in [3.05, 3.63) is 16.1 Å². The minimum Gasteiger partial charge on any atom is -0.357 e. The zero-order valence-corrected chi connectivity index (χ0v) is 19.6. The lowest BCUT2D eigenvalue weighted by Gasteiger charge is -2.17. The van der Waals surface area contributed by atoms with Gasteiger partial charge in [0, 0.05) is 18.5 Å². The number of aliphatic imine (C=N–C) groups is 1. The molecule has 1 rings (SSSR count). The molecule has 0 aliphatic heterocycles. The molecule has 0 amide bonds. The van der Waals surface area contributed by atoms with Crippen molar-refractivity contribution in [2.75, 3.05) is 32.7 Å². The molecule has 5 nitrogen and oxygen atoms in total. The molecule has 0 aliphatic rings. The molecule has 1 aromatic rings. The van der Waals surface area contributed by atoms with Gasteiger partial charge in [-0.1, -0.05) is 27.7 Å². The minimum absolute atomic E-state index is 0. The summed E-state index contributed by atoms with van der Waals surface area (Å²) in [7, 11) is 0. The first-order valence-electron chi connectivity index (χ1n) is 9.29. The van der Waals surface area contributed by atoms with Crippen LogP contribution in [0.4, 0.5) is 0 Å². The molecule has 2 N–H and O–H groups in total. The van der Waals surface area contributed by atoms with E-state index in [1.165, 1.54) is 18.7 Å². The van der Waals surface area contributed by atoms with Gasteiger partial charge in [0.2, 0.25) is 0 Å². The summed E-state index contributed by atoms with van der Waals surface area (Å²) in [5, 5.41) is 9.96. The first-order chi connectivity index (χ1) is 11.6. The molecule has 0 radical (unpaired) electrons. The molecule has 0 saturated carbocycles. The molecule has 1 aromatic heterocycles. The fourth-order valence-corrected chi connectivity index (χ4v) is 3.24. The summed E-state index contributed by atoms with van der Waals surface area (Å²) in [4.78, 5) is 11.8. The second-order valence-corrected chi connectivity index (χ2v) is 7.12. The summed E-state index contributed by atoms with van der Waals surface area (Å²) < 4.78 is 0. The maximum absolute atomic E-state index is 4.65. The molecule has 1 heterocycles. The number of unbranched alkanes of at least 4 members (excludes halogenated alkanes) is 1. The summed E-state index contributed by atoms with van der Waals surface area (Å²) >= 11 is 1.70. The maximum Gasteiger partial charge on any atom is 0.191 e. The molecular formula is C18H36IN5S. The molecule has 0 atom stereocenters. The van der Waals surface area contributed by atoms with Gasteiger partial charge in [0.25, 0.3) is 0 Å². The van der Waals surface area contributed by atoms with Crippen LogP contribution in [-0.4, -0.2) is 48.6 Å². The van der Waals surface area contributed by atoms with E-state index >= 15 is 0 Å². The van der Waals surface area contributed by atoms with Gasteiger partial charge >= 0.3 is 0 Å². The van der Waals surface area contributed by atoms with Crippen molar-refractivity contribution >= 4 is 41.3 Å². The third kappa shape index (κ3) is 10.4. The zero-order valence-electron chi connectivity index (χ0n) is 16.5. The Balaban J connectivity index is 0.00000576. The number of hydrogen-bond acceptors (Lipinski definition) is 4. The number of aromatic nitrogens is 1. The fraction of sp³-hybridized carbons (Fsp3) is 0.778. The van der Waals surface area contributed by atoms with Crippen LogP contribution in [0.1, 0.15) is 64.1 Å². The van der Waals surface area contributed by atoms with Gasteiger partial charge in [-0.05, 0) is 45.3 Å². The monoisotopic (exact) mass is 481 g/mol. The molecule has 25 heavy (non-hydrogen) atoms. The molecule has 0 fully saturated rings. The molecule has 146 valence electrons. The van der Waals surface area contributed by atoms with E-state index in [9.17, 15) is 0 Å². The molecule has 0 unspecified atom stereocenters. The van der Waals surface area contributed by atoms with Crippen LogP contribution < -0.4 is 10.6 Å². The van der Waals surface area contributed by atoms with Gasteiger partial charge in [-0.3, -0.25) is 0 Å². The first-order valence-corrected chi connectivity index (χ1v) is 10.2. The van der Waals surface area contributed by atoms with Gasteiger partial charge in [0.05, 0.1) is 12.2 Å². The van der Waals surface area contributed by atoms with Crippen LogP contribution in [0, 0.1) is 0 Å². The van der Waals surface area contributed by atoms with E-state index in [2.05, 4.69) is 65.5 Å². The smallest absolute Gasteiger partial charge is 0.191 e. The lowest BCUT2D eigenvalue weighted by molar-refractivity contribution is 0.297. The van der Waals surface area contributed by atoms with E-state index in [1.54, 1.807) is 11.3 Å². The van der Waals surface area contributed by atoms with Crippen LogP contribution in [0.3, 0.4) is 0 Å². The first kappa shape index (κ1) is 24.6. The quantitative estimate of drug-likeness (QED) is 0.217. The van der Waals surface area contributed by atoms with Crippen molar-refractivity contribution in [2.24, 2.45) is 4.99 Å². The Morgan fingerprint density at radius 3 is 2.48 bits per heavy atom. The summed E-state index contributed by atoms with van der Waals surface area (Å²) in [6.07, 6.45) is 2.38. The standard InChI is InChI=1S/C18H35N5S.HI/c1-6-19-18(20-11-9-10-12-23(7-2)8-3)21-13-17-22-16(14-24-17)15(4)5;/h14-15H,6-13H2,1-5H3,(H2,19,20,21);1H. The number of rotatable bonds is 11. The second kappa shape index (κ2) is 14.7. The lowest BCUT2D eigenvalue weighted by Crippen LogP contribution is -2.38. The van der Waals surface area contributed by atoms with Crippen molar-refractivity contribution in [3.63, 3.8) is 0 Å². The summed E-state index contributed by atoms with van der Waals surface area (Å²) in [6, 6.07) is 0. The van der Waals surface area contributed by atoms with E-state index in [0.29, 0.717) is 12.5 Å². The third-order valence-corrected chi connectivity index (χ3v) is 4.82. The summed E-state index contributed by atoms with van der Waals surface area (Å²) in [6.45, 7) is 16.8. The molecule has 7 heteroatoms. The highest BCUT2D eigenvalue weighted by molar-refractivity contribution is 14.0. The molecule has 0 bridgehead atoms. The van der Waals surface area contributed by atoms with Crippen molar-refractivity contribution in [3.8, 4) is 0 Å². The number of guanidine groups is 1. The minimum atomic E-state index is 0. The highest BCUT2D eigenvalue weighted by Gasteiger charge is 2.05. The number of nitrogens with one attached hydrogen (secondary N) is 2. The topological polar surface area (TPSA) is 52.6 Å². The summed E-state index contributed by atoms with van der Waals surface area (Å²) in [5.74, 6) is 1.37. The predicted molar refractivity (Wildman–Crippen MR) is 121 cm³/mol. The van der Waals surface area contributed by atoms with Crippen molar-refractivity contribution in [1.82, 2.24) is 20.5 Å². The highest BCUT2D eigenvalue weighted by atomic mass is 127. The molecule has 0 spiro atoms. The van der Waals surface area contributed by atoms with Crippen molar-refractivity contribution in [1.29, 1.82) is 0 Å². The average molecular weight is 481 g/mol. The Morgan fingerprint density at radius 1 is 1.20 bits per heavy atom. The van der Waals surface area contributed by atoms with Gasteiger partial charge in [-0.2, -0.15) is 0 Å². The number of halogens is 1. The third-order valence-electron chi connectivity index (χ3n) is 3.97. The molecular weight excluding hydrogens is 445 g/mol. The number of thiazole rings is 1. The van der Waals surface area contributed by atoms with Crippen LogP contribution in [-0.2, 0) is 6.54 Å². The van der Waals surface area contributed by atoms with Crippen LogP contribution in [0.15, 0.2) is 10.4 Å². The maximum atomic E-state index is 4.65. The van der Waals surface area contributed by atoms with Gasteiger partial charge < -0.3 is 15.5 Å². The van der Waals surface area contributed by atoms with Crippen LogP contribution in [0.25, 0.3) is 0 Å². The van der Waals surface area contributed by atoms with E-state index in [-0.39, 0.29) is 24.0 Å². The van der Waals surface area contributed by atoms with E-state index < -0.39 is 0 Å². The average Bonchev–Trinajstić information content (AvgIpc) is 3.05. The van der Waals surface area contributed by atoms with Gasteiger partial charge in [-0.15, -0.1) is 35.3 Å². The number of hydrogen-bond donors (Lipinski definition) is 2. The molecule has 0 saturated heterocycles. The van der Waals surface area contributed by atoms with Gasteiger partial charge in [0.15, 0.2) is 5.96 Å². The zero-order chi connectivity index (χ0) is 17.8. The Morgan fingerprint density at radius 2 is 1.92 bits per heavy atom. The van der Waals surface area contributed by atoms with E-state index in [4.69, 9.17) is 0 Å². The van der Waals surface area contributed by atoms with Gasteiger partial charge in [0.1, 0.15) is 5.01 Å². The van der Waals surface area contributed by atoms with Crippen LogP contribution >= 0.6 is 35.3 Å². The van der Waals surface area contributed by atoms with Crippen molar-refractivity contribution < 1.29 is 0 Å². The SMILES string of the molecule is CCNC(=NCc1nc(C(C)C)cs1)NCCCCN(CC)CC.I. The van der Waals surface area contributed by atoms with E-state index in [1.807, 2.05) is 0 Å². The number of nitrogens with zero attached hydrogens (tertiary/aromatic N) is 3.